The minimum absolute atomic E-state index is 0.860. The van der Waals surface area contributed by atoms with Gasteiger partial charge in [-0.05, 0) is 90.4 Å². The summed E-state index contributed by atoms with van der Waals surface area (Å²) < 4.78 is 4.42. The molecule has 0 unspecified atom stereocenters. The van der Waals surface area contributed by atoms with E-state index in [-0.39, 0.29) is 0 Å². The number of aryl methyl sites for hydroxylation is 3. The lowest BCUT2D eigenvalue weighted by atomic mass is 9.97. The topological polar surface area (TPSA) is 60.9 Å². The van der Waals surface area contributed by atoms with Gasteiger partial charge in [0.2, 0.25) is 0 Å². The summed E-state index contributed by atoms with van der Waals surface area (Å²) in [6.45, 7) is 6.45. The molecule has 6 heteroatoms. The maximum absolute atomic E-state index is 5.06. The summed E-state index contributed by atoms with van der Waals surface area (Å²) >= 11 is 0. The first kappa shape index (κ1) is 25.6. The van der Waals surface area contributed by atoms with E-state index in [2.05, 4.69) is 109 Å². The fourth-order valence-corrected chi connectivity index (χ4v) is 6.91. The molecule has 0 radical (unpaired) electrons. The molecule has 9 rings (SSSR count). The van der Waals surface area contributed by atoms with Gasteiger partial charge in [0.1, 0.15) is 22.5 Å². The molecular weight excluding hydrogens is 552 g/mol. The molecule has 5 aromatic heterocycles. The summed E-state index contributed by atoms with van der Waals surface area (Å²) in [5.74, 6) is 0.884. The maximum atomic E-state index is 5.06. The first-order valence-corrected chi connectivity index (χ1v) is 15.2. The molecule has 0 saturated carbocycles. The molecule has 0 spiro atoms. The maximum Gasteiger partial charge on any atom is 0.164 e. The Hall–Kier alpha value is -5.88. The summed E-state index contributed by atoms with van der Waals surface area (Å²) in [5, 5.41) is 3.48. The van der Waals surface area contributed by atoms with E-state index in [0.717, 1.165) is 67.1 Å². The molecular formula is C39H28N6. The first-order valence-electron chi connectivity index (χ1n) is 15.2. The highest BCUT2D eigenvalue weighted by Gasteiger charge is 2.19. The molecule has 45 heavy (non-hydrogen) atoms. The van der Waals surface area contributed by atoms with E-state index < -0.39 is 0 Å². The minimum atomic E-state index is 0.860. The molecule has 0 fully saturated rings. The van der Waals surface area contributed by atoms with Gasteiger partial charge in [-0.15, -0.1) is 0 Å². The van der Waals surface area contributed by atoms with Gasteiger partial charge in [-0.3, -0.25) is 8.97 Å². The number of benzene rings is 4. The van der Waals surface area contributed by atoms with Gasteiger partial charge in [0.15, 0.2) is 11.3 Å². The lowest BCUT2D eigenvalue weighted by molar-refractivity contribution is 1.04. The number of imidazole rings is 2. The van der Waals surface area contributed by atoms with Crippen molar-refractivity contribution in [3.8, 4) is 28.2 Å². The largest absolute Gasteiger partial charge is 0.276 e. The average molecular weight is 581 g/mol. The van der Waals surface area contributed by atoms with Crippen molar-refractivity contribution in [1.29, 1.82) is 0 Å². The molecule has 0 aliphatic carbocycles. The van der Waals surface area contributed by atoms with Crippen molar-refractivity contribution in [2.24, 2.45) is 0 Å². The first-order chi connectivity index (χ1) is 22.1. The van der Waals surface area contributed by atoms with E-state index in [0.29, 0.717) is 0 Å². The predicted octanol–water partition coefficient (Wildman–Crippen LogP) is 9.18. The Labute approximate surface area is 259 Å². The Balaban J connectivity index is 1.22. The number of hydrogen-bond acceptors (Lipinski definition) is 4. The fourth-order valence-electron chi connectivity index (χ4n) is 6.91. The third kappa shape index (κ3) is 3.75. The molecule has 5 heterocycles. The van der Waals surface area contributed by atoms with Crippen LogP contribution in [0, 0.1) is 20.8 Å². The lowest BCUT2D eigenvalue weighted by Crippen LogP contribution is -2.03. The molecule has 0 aliphatic rings. The van der Waals surface area contributed by atoms with Crippen LogP contribution in [0.5, 0.6) is 0 Å². The third-order valence-corrected chi connectivity index (χ3v) is 8.98. The Kier molecular flexibility index (Phi) is 5.44. The van der Waals surface area contributed by atoms with Gasteiger partial charge in [0.05, 0.1) is 11.2 Å². The Bertz CT molecular complexity index is 2600. The monoisotopic (exact) mass is 580 g/mol. The van der Waals surface area contributed by atoms with Crippen molar-refractivity contribution in [1.82, 2.24) is 28.9 Å². The highest BCUT2D eigenvalue weighted by Crippen LogP contribution is 2.37. The van der Waals surface area contributed by atoms with Crippen LogP contribution < -0.4 is 0 Å². The van der Waals surface area contributed by atoms with Crippen molar-refractivity contribution in [3.63, 3.8) is 0 Å². The number of rotatable bonds is 3. The molecule has 0 bridgehead atoms. The van der Waals surface area contributed by atoms with Crippen LogP contribution in [-0.4, -0.2) is 28.9 Å². The van der Waals surface area contributed by atoms with E-state index in [1.54, 1.807) is 0 Å². The van der Waals surface area contributed by atoms with Crippen LogP contribution >= 0.6 is 0 Å². The molecule has 4 aromatic carbocycles. The number of hydrogen-bond donors (Lipinski definition) is 0. The van der Waals surface area contributed by atoms with Crippen molar-refractivity contribution in [3.05, 3.63) is 132 Å². The van der Waals surface area contributed by atoms with Crippen LogP contribution in [0.3, 0.4) is 0 Å². The van der Waals surface area contributed by atoms with Crippen LogP contribution in [-0.2, 0) is 0 Å². The number of nitrogens with zero attached hydrogens (tertiary/aromatic N) is 6. The highest BCUT2D eigenvalue weighted by molar-refractivity contribution is 6.15. The van der Waals surface area contributed by atoms with Gasteiger partial charge >= 0.3 is 0 Å². The van der Waals surface area contributed by atoms with Crippen molar-refractivity contribution >= 4 is 49.7 Å². The number of para-hydroxylation sites is 2. The highest BCUT2D eigenvalue weighted by atomic mass is 15.1. The summed E-state index contributed by atoms with van der Waals surface area (Å²) in [4.78, 5) is 19.5. The molecule has 9 aromatic rings. The standard InChI is InChI=1S/C39H28N6/c1-23-8-4-9-24(2)34(23)44-36(42-32-12-6-20-40-38(32)44)27-16-14-26(15-17-27)28-18-19-30-31(22-28)29-11-5-10-25(3)35(29)45-37(30)43-33-13-7-21-41-39(33)45/h4-22H,1-3H3. The second kappa shape index (κ2) is 9.56. The van der Waals surface area contributed by atoms with Gasteiger partial charge < -0.3 is 0 Å². The summed E-state index contributed by atoms with van der Waals surface area (Å²) in [6, 6.07) is 36.3. The van der Waals surface area contributed by atoms with E-state index in [1.807, 2.05) is 36.7 Å². The zero-order valence-electron chi connectivity index (χ0n) is 25.2. The third-order valence-electron chi connectivity index (χ3n) is 8.98. The molecule has 0 saturated heterocycles. The second-order valence-electron chi connectivity index (χ2n) is 11.8. The number of fused-ring (bicyclic) bond motifs is 9. The summed E-state index contributed by atoms with van der Waals surface area (Å²) in [5.41, 5.74) is 13.6. The quantitative estimate of drug-likeness (QED) is 0.196. The van der Waals surface area contributed by atoms with E-state index >= 15 is 0 Å². The summed E-state index contributed by atoms with van der Waals surface area (Å²) in [7, 11) is 0. The van der Waals surface area contributed by atoms with Crippen LogP contribution in [0.2, 0.25) is 0 Å². The minimum Gasteiger partial charge on any atom is -0.276 e. The van der Waals surface area contributed by atoms with Crippen LogP contribution in [0.4, 0.5) is 0 Å². The van der Waals surface area contributed by atoms with Crippen LogP contribution in [0.25, 0.3) is 77.9 Å². The van der Waals surface area contributed by atoms with Crippen LogP contribution in [0.1, 0.15) is 16.7 Å². The van der Waals surface area contributed by atoms with Gasteiger partial charge in [0.25, 0.3) is 0 Å². The zero-order valence-corrected chi connectivity index (χ0v) is 25.2. The van der Waals surface area contributed by atoms with Gasteiger partial charge in [-0.25, -0.2) is 19.9 Å². The molecule has 0 amide bonds. The van der Waals surface area contributed by atoms with Crippen molar-refractivity contribution in [2.45, 2.75) is 20.8 Å². The summed E-state index contributed by atoms with van der Waals surface area (Å²) in [6.07, 6.45) is 3.67. The normalized spacial score (nSPS) is 11.9. The Morgan fingerprint density at radius 3 is 1.91 bits per heavy atom. The molecule has 0 N–H and O–H groups in total. The number of pyridine rings is 3. The molecule has 6 nitrogen and oxygen atoms in total. The van der Waals surface area contributed by atoms with Crippen molar-refractivity contribution < 1.29 is 0 Å². The van der Waals surface area contributed by atoms with Crippen LogP contribution in [0.15, 0.2) is 116 Å². The zero-order chi connectivity index (χ0) is 30.2. The fraction of sp³-hybridized carbons (Fsp3) is 0.0769. The van der Waals surface area contributed by atoms with E-state index in [9.17, 15) is 0 Å². The molecule has 214 valence electrons. The van der Waals surface area contributed by atoms with Gasteiger partial charge in [-0.1, -0.05) is 66.7 Å². The van der Waals surface area contributed by atoms with E-state index in [1.165, 1.54) is 27.5 Å². The van der Waals surface area contributed by atoms with Gasteiger partial charge in [-0.2, -0.15) is 0 Å². The second-order valence-corrected chi connectivity index (χ2v) is 11.8. The predicted molar refractivity (Wildman–Crippen MR) is 183 cm³/mol. The lowest BCUT2D eigenvalue weighted by Gasteiger charge is -2.15. The molecule has 0 atom stereocenters. The Morgan fingerprint density at radius 1 is 0.489 bits per heavy atom. The van der Waals surface area contributed by atoms with Gasteiger partial charge in [0, 0.05) is 28.7 Å². The van der Waals surface area contributed by atoms with E-state index in [4.69, 9.17) is 19.9 Å². The Morgan fingerprint density at radius 2 is 1.13 bits per heavy atom. The average Bonchev–Trinajstić information content (AvgIpc) is 3.64. The molecule has 0 aliphatic heterocycles. The van der Waals surface area contributed by atoms with Crippen molar-refractivity contribution in [2.75, 3.05) is 0 Å². The SMILES string of the molecule is Cc1cccc(C)c1-n1c(-c2ccc(-c3ccc4c(c3)c3cccc(C)c3n3c5ncccc5nc43)cc2)nc2cccnc21. The smallest absolute Gasteiger partial charge is 0.164 e. The number of aromatic nitrogens is 6.